The lowest BCUT2D eigenvalue weighted by molar-refractivity contribution is -0.129. The van der Waals surface area contributed by atoms with Gasteiger partial charge in [0.2, 0.25) is 17.7 Å². The number of carbonyl (C=O) groups is 3. The topological polar surface area (TPSA) is 113 Å². The molecule has 3 amide bonds. The number of hydrogen-bond donors (Lipinski definition) is 3. The molecule has 10 heteroatoms. The summed E-state index contributed by atoms with van der Waals surface area (Å²) < 4.78 is 6.49. The number of hydrogen-bond acceptors (Lipinski definition) is 7. The number of morpholine rings is 1. The first-order chi connectivity index (χ1) is 20.8. The summed E-state index contributed by atoms with van der Waals surface area (Å²) in [5.41, 5.74) is 2.66. The fourth-order valence-electron chi connectivity index (χ4n) is 5.96. The van der Waals surface area contributed by atoms with Gasteiger partial charge >= 0.3 is 0 Å². The number of aromatic nitrogens is 1. The maximum Gasteiger partial charge on any atom is 0.247 e. The van der Waals surface area contributed by atoms with Gasteiger partial charge < -0.3 is 20.7 Å². The molecule has 1 unspecified atom stereocenters. The Balaban J connectivity index is 1.43. The van der Waals surface area contributed by atoms with Crippen molar-refractivity contribution in [2.24, 2.45) is 5.92 Å². The molecule has 43 heavy (non-hydrogen) atoms. The van der Waals surface area contributed by atoms with E-state index in [9.17, 15) is 14.4 Å². The zero-order valence-corrected chi connectivity index (χ0v) is 26.7. The monoisotopic (exact) mass is 611 g/mol. The molecule has 1 aliphatic carbocycles. The Morgan fingerprint density at radius 2 is 1.88 bits per heavy atom. The summed E-state index contributed by atoms with van der Waals surface area (Å²) in [5.74, 6) is -0.0745. The van der Waals surface area contributed by atoms with Crippen LogP contribution in [0.3, 0.4) is 0 Å². The second-order valence-corrected chi connectivity index (χ2v) is 13.1. The molecule has 0 radical (unpaired) electrons. The molecular formula is C33H49N5O4S. The van der Waals surface area contributed by atoms with Gasteiger partial charge in [-0.05, 0) is 42.9 Å². The highest BCUT2D eigenvalue weighted by Gasteiger charge is 2.27. The summed E-state index contributed by atoms with van der Waals surface area (Å²) >= 11 is 1.57. The Labute approximate surface area is 260 Å². The van der Waals surface area contributed by atoms with Crippen LogP contribution >= 0.6 is 11.3 Å². The number of nitrogens with one attached hydrogen (secondary N) is 3. The van der Waals surface area contributed by atoms with E-state index in [4.69, 9.17) is 9.72 Å². The fourth-order valence-corrected chi connectivity index (χ4v) is 7.04. The van der Waals surface area contributed by atoms with Gasteiger partial charge in [-0.25, -0.2) is 4.98 Å². The van der Waals surface area contributed by atoms with Crippen molar-refractivity contribution < 1.29 is 19.1 Å². The van der Waals surface area contributed by atoms with Gasteiger partial charge in [-0.15, -0.1) is 11.3 Å². The number of amides is 3. The molecule has 0 spiro atoms. The van der Waals surface area contributed by atoms with Gasteiger partial charge in [0.25, 0.3) is 0 Å². The van der Waals surface area contributed by atoms with Gasteiger partial charge in [0.15, 0.2) is 0 Å². The first kappa shape index (κ1) is 33.1. The van der Waals surface area contributed by atoms with Crippen LogP contribution in [0.15, 0.2) is 30.4 Å². The van der Waals surface area contributed by atoms with Crippen LogP contribution in [0.2, 0.25) is 0 Å². The van der Waals surface area contributed by atoms with E-state index in [1.165, 1.54) is 24.8 Å². The van der Waals surface area contributed by atoms with Gasteiger partial charge in [0, 0.05) is 50.6 Å². The van der Waals surface area contributed by atoms with Crippen LogP contribution in [0.4, 0.5) is 0 Å². The fraction of sp³-hybridized carbons (Fsp3) is 0.636. The third-order valence-corrected chi connectivity index (χ3v) is 9.49. The quantitative estimate of drug-likeness (QED) is 0.261. The number of nitrogens with zero attached hydrogens (tertiary/aromatic N) is 2. The van der Waals surface area contributed by atoms with Gasteiger partial charge in [-0.2, -0.15) is 0 Å². The number of rotatable bonds is 15. The molecule has 2 fully saturated rings. The van der Waals surface area contributed by atoms with Crippen LogP contribution in [0.1, 0.15) is 75.8 Å². The maximum atomic E-state index is 13.8. The molecule has 4 rings (SSSR count). The lowest BCUT2D eigenvalue weighted by atomic mass is 9.84. The van der Waals surface area contributed by atoms with Crippen molar-refractivity contribution in [3.63, 3.8) is 0 Å². The van der Waals surface area contributed by atoms with Crippen LogP contribution in [0.5, 0.6) is 0 Å². The molecule has 1 saturated carbocycles. The average Bonchev–Trinajstić information content (AvgIpc) is 3.42. The molecule has 2 aromatic rings. The van der Waals surface area contributed by atoms with Gasteiger partial charge in [-0.3, -0.25) is 19.3 Å². The average molecular weight is 612 g/mol. The van der Waals surface area contributed by atoms with E-state index in [2.05, 4.69) is 46.5 Å². The van der Waals surface area contributed by atoms with Crippen LogP contribution < -0.4 is 16.0 Å². The van der Waals surface area contributed by atoms with Crippen molar-refractivity contribution in [2.45, 2.75) is 90.1 Å². The molecule has 1 aliphatic heterocycles. The molecule has 1 aromatic heterocycles. The largest absolute Gasteiger partial charge is 0.379 e. The molecular weight excluding hydrogens is 562 g/mol. The second kappa shape index (κ2) is 16.9. The first-order valence-corrected chi connectivity index (χ1v) is 16.9. The number of fused-ring (bicyclic) bond motifs is 1. The summed E-state index contributed by atoms with van der Waals surface area (Å²) in [6, 6.07) is 5.26. The molecule has 1 aromatic carbocycles. The SMILES string of the molecule is C=C(CN1CCOCC1)C(=O)NCC(CC1CCCCC1)NC(=O)[C@H](Cc1nc2ccc(CC)cc2s1)NC(=O)CCC. The van der Waals surface area contributed by atoms with Crippen molar-refractivity contribution in [2.75, 3.05) is 39.4 Å². The third kappa shape index (κ3) is 10.4. The minimum atomic E-state index is -0.744. The van der Waals surface area contributed by atoms with E-state index in [0.717, 1.165) is 54.0 Å². The maximum absolute atomic E-state index is 13.8. The van der Waals surface area contributed by atoms with E-state index < -0.39 is 6.04 Å². The number of thiazole rings is 1. The molecule has 3 N–H and O–H groups in total. The molecule has 2 aliphatic rings. The van der Waals surface area contributed by atoms with Gasteiger partial charge in [0.05, 0.1) is 28.4 Å². The standard InChI is InChI=1S/C33H49N5O4S/c1-4-9-30(39)36-28(20-31-37-27-13-12-24(5-2)19-29(27)43-31)33(41)35-26(18-25-10-7-6-8-11-25)21-34-32(40)23(3)22-38-14-16-42-17-15-38/h12-13,19,25-26,28H,3-11,14-18,20-22H2,1-2H3,(H,34,40)(H,35,41)(H,36,39)/t26?,28-/m0/s1. The Morgan fingerprint density at radius 3 is 2.60 bits per heavy atom. The number of aryl methyl sites for hydroxylation is 1. The first-order valence-electron chi connectivity index (χ1n) is 16.1. The molecule has 0 bridgehead atoms. The van der Waals surface area contributed by atoms with Gasteiger partial charge in [0.1, 0.15) is 6.04 Å². The van der Waals surface area contributed by atoms with Crippen molar-refractivity contribution >= 4 is 39.3 Å². The predicted molar refractivity (Wildman–Crippen MR) is 172 cm³/mol. The molecule has 9 nitrogen and oxygen atoms in total. The smallest absolute Gasteiger partial charge is 0.247 e. The second-order valence-electron chi connectivity index (χ2n) is 12.0. The van der Waals surface area contributed by atoms with E-state index in [0.29, 0.717) is 57.1 Å². The van der Waals surface area contributed by atoms with Crippen LogP contribution in [0.25, 0.3) is 10.2 Å². The molecule has 236 valence electrons. The third-order valence-electron chi connectivity index (χ3n) is 8.45. The Bertz CT molecular complexity index is 1240. The number of benzene rings is 1. The van der Waals surface area contributed by atoms with E-state index in [-0.39, 0.29) is 23.8 Å². The molecule has 2 atom stereocenters. The van der Waals surface area contributed by atoms with Gasteiger partial charge in [-0.1, -0.05) is 58.6 Å². The molecule has 2 heterocycles. The zero-order valence-electron chi connectivity index (χ0n) is 25.9. The van der Waals surface area contributed by atoms with E-state index in [1.54, 1.807) is 11.3 Å². The summed E-state index contributed by atoms with van der Waals surface area (Å²) in [4.78, 5) is 46.4. The Morgan fingerprint density at radius 1 is 1.12 bits per heavy atom. The lowest BCUT2D eigenvalue weighted by Crippen LogP contribution is -2.53. The van der Waals surface area contributed by atoms with Crippen LogP contribution in [-0.2, 0) is 32.0 Å². The van der Waals surface area contributed by atoms with Crippen molar-refractivity contribution in [1.29, 1.82) is 0 Å². The Kier molecular flexibility index (Phi) is 13.0. The van der Waals surface area contributed by atoms with Crippen molar-refractivity contribution in [3.05, 3.63) is 40.9 Å². The van der Waals surface area contributed by atoms with Crippen molar-refractivity contribution in [3.8, 4) is 0 Å². The minimum absolute atomic E-state index is 0.145. The highest BCUT2D eigenvalue weighted by Crippen LogP contribution is 2.28. The number of carbonyl (C=O) groups excluding carboxylic acids is 3. The highest BCUT2D eigenvalue weighted by molar-refractivity contribution is 7.18. The lowest BCUT2D eigenvalue weighted by Gasteiger charge is -2.29. The van der Waals surface area contributed by atoms with Crippen molar-refractivity contribution in [1.82, 2.24) is 25.8 Å². The van der Waals surface area contributed by atoms with Crippen LogP contribution in [0, 0.1) is 5.92 Å². The van der Waals surface area contributed by atoms with Crippen LogP contribution in [-0.4, -0.2) is 79.1 Å². The van der Waals surface area contributed by atoms with E-state index in [1.807, 2.05) is 13.0 Å². The van der Waals surface area contributed by atoms with E-state index >= 15 is 0 Å². The Hall–Kier alpha value is -2.82. The summed E-state index contributed by atoms with van der Waals surface area (Å²) in [6.07, 6.45) is 9.02. The highest BCUT2D eigenvalue weighted by atomic mass is 32.1. The summed E-state index contributed by atoms with van der Waals surface area (Å²) in [5, 5.41) is 10.0. The minimum Gasteiger partial charge on any atom is -0.379 e. The number of ether oxygens (including phenoxy) is 1. The summed E-state index contributed by atoms with van der Waals surface area (Å²) in [7, 11) is 0. The zero-order chi connectivity index (χ0) is 30.6. The predicted octanol–water partition coefficient (Wildman–Crippen LogP) is 4.15. The normalized spacial score (nSPS) is 17.7. The summed E-state index contributed by atoms with van der Waals surface area (Å²) in [6.45, 7) is 11.8. The molecule has 1 saturated heterocycles.